The molecule has 3 nitrogen and oxygen atoms in total. The molecule has 4 heteroatoms. The first-order chi connectivity index (χ1) is 20.5. The third-order valence-electron chi connectivity index (χ3n) is 9.73. The van der Waals surface area contributed by atoms with Gasteiger partial charge in [-0.25, -0.2) is 0 Å². The third-order valence-corrected chi connectivity index (χ3v) is 9.73. The number of hydrogen-bond donors (Lipinski definition) is 0. The van der Waals surface area contributed by atoms with E-state index in [1.165, 1.54) is 33.4 Å². The fourth-order valence-electron chi connectivity index (χ4n) is 6.47. The topological polar surface area (TPSA) is 21.7 Å². The molecule has 0 spiro atoms. The Morgan fingerprint density at radius 2 is 1.00 bits per heavy atom. The fourth-order valence-corrected chi connectivity index (χ4v) is 6.47. The van der Waals surface area contributed by atoms with Crippen LogP contribution in [-0.2, 0) is 14.7 Å². The minimum atomic E-state index is -0.392. The zero-order valence-electron chi connectivity index (χ0n) is 25.9. The minimum absolute atomic E-state index is 0.0780. The van der Waals surface area contributed by atoms with Crippen molar-refractivity contribution in [3.63, 3.8) is 0 Å². The number of hydrogen-bond acceptors (Lipinski definition) is 3. The lowest BCUT2D eigenvalue weighted by molar-refractivity contribution is 0.00578. The predicted molar refractivity (Wildman–Crippen MR) is 180 cm³/mol. The average molecular weight is 564 g/mol. The van der Waals surface area contributed by atoms with Crippen molar-refractivity contribution >= 4 is 29.6 Å². The van der Waals surface area contributed by atoms with Gasteiger partial charge >= 0.3 is 7.12 Å². The van der Waals surface area contributed by atoms with Gasteiger partial charge in [0.05, 0.1) is 11.2 Å². The third kappa shape index (κ3) is 4.61. The number of nitrogens with zero attached hydrogens (tertiary/aromatic N) is 1. The lowest BCUT2D eigenvalue weighted by atomic mass is 9.79. The van der Waals surface area contributed by atoms with E-state index < -0.39 is 7.12 Å². The van der Waals surface area contributed by atoms with E-state index in [1.54, 1.807) is 0 Å². The van der Waals surface area contributed by atoms with Gasteiger partial charge in [-0.15, -0.1) is 0 Å². The zero-order valence-corrected chi connectivity index (χ0v) is 25.9. The smallest absolute Gasteiger partial charge is 0.399 e. The summed E-state index contributed by atoms with van der Waals surface area (Å²) in [6.07, 6.45) is 0. The summed E-state index contributed by atoms with van der Waals surface area (Å²) in [5, 5.41) is 0. The molecule has 5 aromatic rings. The van der Waals surface area contributed by atoms with Gasteiger partial charge in [0.1, 0.15) is 0 Å². The summed E-state index contributed by atoms with van der Waals surface area (Å²) < 4.78 is 12.7. The van der Waals surface area contributed by atoms with Gasteiger partial charge in [0, 0.05) is 22.5 Å². The van der Waals surface area contributed by atoms with E-state index in [1.807, 2.05) is 0 Å². The van der Waals surface area contributed by atoms with Gasteiger partial charge in [0.25, 0.3) is 0 Å². The first-order valence-corrected chi connectivity index (χ1v) is 15.2. The van der Waals surface area contributed by atoms with Crippen LogP contribution in [0.5, 0.6) is 0 Å². The molecular weight excluding hydrogens is 525 g/mol. The summed E-state index contributed by atoms with van der Waals surface area (Å²) >= 11 is 0. The van der Waals surface area contributed by atoms with Crippen LogP contribution >= 0.6 is 0 Å². The van der Waals surface area contributed by atoms with Gasteiger partial charge in [-0.1, -0.05) is 98.8 Å². The Morgan fingerprint density at radius 3 is 1.65 bits per heavy atom. The second-order valence-corrected chi connectivity index (χ2v) is 13.3. The van der Waals surface area contributed by atoms with Crippen LogP contribution < -0.4 is 10.4 Å². The molecule has 2 aliphatic rings. The molecular formula is C39H38BNO2. The highest BCUT2D eigenvalue weighted by Gasteiger charge is 2.51. The highest BCUT2D eigenvalue weighted by Crippen LogP contribution is 2.50. The quantitative estimate of drug-likeness (QED) is 0.199. The molecule has 0 radical (unpaired) electrons. The van der Waals surface area contributed by atoms with Crippen molar-refractivity contribution in [1.82, 2.24) is 0 Å². The van der Waals surface area contributed by atoms with Gasteiger partial charge in [0.2, 0.25) is 0 Å². The van der Waals surface area contributed by atoms with Crippen molar-refractivity contribution in [1.29, 1.82) is 0 Å². The van der Waals surface area contributed by atoms with Crippen LogP contribution in [0, 0.1) is 0 Å². The lowest BCUT2D eigenvalue weighted by Crippen LogP contribution is -2.41. The Labute approximate surface area is 256 Å². The molecule has 1 heterocycles. The van der Waals surface area contributed by atoms with Gasteiger partial charge in [0.15, 0.2) is 0 Å². The summed E-state index contributed by atoms with van der Waals surface area (Å²) in [4.78, 5) is 2.35. The van der Waals surface area contributed by atoms with Crippen LogP contribution in [-0.4, -0.2) is 18.3 Å². The van der Waals surface area contributed by atoms with E-state index in [0.717, 1.165) is 22.5 Å². The van der Waals surface area contributed by atoms with Crippen molar-refractivity contribution in [2.24, 2.45) is 0 Å². The molecule has 0 saturated carbocycles. The van der Waals surface area contributed by atoms with Crippen LogP contribution in [0.25, 0.3) is 22.3 Å². The first kappa shape index (κ1) is 27.7. The highest BCUT2D eigenvalue weighted by molar-refractivity contribution is 6.62. The molecule has 0 unspecified atom stereocenters. The van der Waals surface area contributed by atoms with E-state index in [-0.39, 0.29) is 16.6 Å². The molecule has 43 heavy (non-hydrogen) atoms. The van der Waals surface area contributed by atoms with E-state index in [0.29, 0.717) is 0 Å². The van der Waals surface area contributed by atoms with Crippen LogP contribution in [0.1, 0.15) is 52.7 Å². The summed E-state index contributed by atoms with van der Waals surface area (Å²) in [5.74, 6) is 0. The Balaban J connectivity index is 1.30. The van der Waals surface area contributed by atoms with Gasteiger partial charge < -0.3 is 14.2 Å². The van der Waals surface area contributed by atoms with Crippen molar-refractivity contribution < 1.29 is 9.31 Å². The Bertz CT molecular complexity index is 1770. The number of benzene rings is 5. The van der Waals surface area contributed by atoms with Crippen LogP contribution in [0.4, 0.5) is 17.1 Å². The number of fused-ring (bicyclic) bond motifs is 3. The zero-order chi connectivity index (χ0) is 30.0. The molecule has 1 fully saturated rings. The Kier molecular flexibility index (Phi) is 6.43. The standard InChI is InChI=1S/C39H38BNO2/c1-37(2)35-15-11-10-14-33(35)34-25-24-32(26-36(34)37)41(30-20-16-28(17-21-30)27-12-8-7-9-13-27)31-22-18-29(19-23-31)40-42-38(3,4)39(5,6)43-40/h7-26H,1-6H3. The van der Waals surface area contributed by atoms with E-state index in [2.05, 4.69) is 168 Å². The maximum atomic E-state index is 6.34. The molecule has 1 saturated heterocycles. The summed E-state index contributed by atoms with van der Waals surface area (Å²) in [6.45, 7) is 13.0. The first-order valence-electron chi connectivity index (χ1n) is 15.2. The monoisotopic (exact) mass is 563 g/mol. The van der Waals surface area contributed by atoms with Crippen LogP contribution in [0.15, 0.2) is 121 Å². The van der Waals surface area contributed by atoms with Gasteiger partial charge in [-0.2, -0.15) is 0 Å². The SMILES string of the molecule is CC1(C)c2ccccc2-c2ccc(N(c3ccc(B4OC(C)(C)C(C)(C)O4)cc3)c3ccc(-c4ccccc4)cc3)cc21. The summed E-state index contributed by atoms with van der Waals surface area (Å²) in [5.41, 5.74) is 11.3. The largest absolute Gasteiger partial charge is 0.494 e. The Morgan fingerprint density at radius 1 is 0.488 bits per heavy atom. The fraction of sp³-hybridized carbons (Fsp3) is 0.231. The van der Waals surface area contributed by atoms with E-state index in [4.69, 9.17) is 9.31 Å². The number of anilines is 3. The second kappa shape index (κ2) is 9.97. The van der Waals surface area contributed by atoms with Crippen molar-refractivity contribution in [3.8, 4) is 22.3 Å². The predicted octanol–water partition coefficient (Wildman–Crippen LogP) is 9.43. The van der Waals surface area contributed by atoms with E-state index >= 15 is 0 Å². The maximum absolute atomic E-state index is 6.34. The normalized spacial score (nSPS) is 17.4. The maximum Gasteiger partial charge on any atom is 0.494 e. The second-order valence-electron chi connectivity index (χ2n) is 13.3. The van der Waals surface area contributed by atoms with Gasteiger partial charge in [-0.05, 0) is 103 Å². The molecule has 0 amide bonds. The molecule has 0 N–H and O–H groups in total. The molecule has 5 aromatic carbocycles. The number of rotatable bonds is 5. The van der Waals surface area contributed by atoms with Gasteiger partial charge in [-0.3, -0.25) is 0 Å². The average Bonchev–Trinajstić information content (AvgIpc) is 3.38. The summed E-state index contributed by atoms with van der Waals surface area (Å²) in [7, 11) is -0.392. The summed E-state index contributed by atoms with van der Waals surface area (Å²) in [6, 6.07) is 43.8. The molecule has 7 rings (SSSR count). The molecule has 0 bridgehead atoms. The molecule has 1 aliphatic carbocycles. The van der Waals surface area contributed by atoms with E-state index in [9.17, 15) is 0 Å². The van der Waals surface area contributed by atoms with Crippen LogP contribution in [0.2, 0.25) is 0 Å². The minimum Gasteiger partial charge on any atom is -0.399 e. The van der Waals surface area contributed by atoms with Crippen molar-refractivity contribution in [2.45, 2.75) is 58.2 Å². The van der Waals surface area contributed by atoms with Crippen LogP contribution in [0.3, 0.4) is 0 Å². The molecule has 0 atom stereocenters. The Hall–Kier alpha value is -4.12. The molecule has 1 aliphatic heterocycles. The molecule has 214 valence electrons. The highest BCUT2D eigenvalue weighted by atomic mass is 16.7. The van der Waals surface area contributed by atoms with Crippen molar-refractivity contribution in [2.75, 3.05) is 4.90 Å². The molecule has 0 aromatic heterocycles. The lowest BCUT2D eigenvalue weighted by Gasteiger charge is -2.32. The van der Waals surface area contributed by atoms with Crippen molar-refractivity contribution in [3.05, 3.63) is 132 Å².